The summed E-state index contributed by atoms with van der Waals surface area (Å²) in [5.74, 6) is 1.81. The van der Waals surface area contributed by atoms with Crippen LogP contribution in [0.25, 0.3) is 0 Å². The molecule has 1 heterocycles. The van der Waals surface area contributed by atoms with E-state index in [0.29, 0.717) is 19.4 Å². The molecule has 1 aliphatic heterocycles. The molecule has 0 N–H and O–H groups in total. The van der Waals surface area contributed by atoms with Crippen LogP contribution in [0.1, 0.15) is 24.4 Å². The lowest BCUT2D eigenvalue weighted by Gasteiger charge is -2.40. The van der Waals surface area contributed by atoms with Gasteiger partial charge in [-0.25, -0.2) is 0 Å². The van der Waals surface area contributed by atoms with Crippen LogP contribution in [0.3, 0.4) is 0 Å². The first-order valence-electron chi connectivity index (χ1n) is 9.47. The second kappa shape index (κ2) is 9.42. The lowest BCUT2D eigenvalue weighted by Crippen LogP contribution is -2.49. The van der Waals surface area contributed by atoms with Crippen LogP contribution in [0.15, 0.2) is 54.6 Å². The van der Waals surface area contributed by atoms with E-state index in [4.69, 9.17) is 9.47 Å². The fourth-order valence-electron chi connectivity index (χ4n) is 3.41. The predicted octanol–water partition coefficient (Wildman–Crippen LogP) is 3.37. The van der Waals surface area contributed by atoms with Gasteiger partial charge in [0.2, 0.25) is 5.91 Å². The summed E-state index contributed by atoms with van der Waals surface area (Å²) in [4.78, 5) is 17.1. The Morgan fingerprint density at radius 1 is 1.04 bits per heavy atom. The molecule has 0 bridgehead atoms. The Kier molecular flexibility index (Phi) is 6.71. The lowest BCUT2D eigenvalue weighted by atomic mass is 10.0. The van der Waals surface area contributed by atoms with Gasteiger partial charge in [-0.3, -0.25) is 4.79 Å². The SMILES string of the molecule is COc1ccc(OCCCC(=O)N2CCN(C)CC2c2ccccc2)cc1. The van der Waals surface area contributed by atoms with E-state index < -0.39 is 0 Å². The van der Waals surface area contributed by atoms with Crippen LogP contribution in [0, 0.1) is 0 Å². The van der Waals surface area contributed by atoms with E-state index in [1.54, 1.807) is 7.11 Å². The molecule has 27 heavy (non-hydrogen) atoms. The minimum absolute atomic E-state index is 0.125. The number of carbonyl (C=O) groups excluding carboxylic acids is 1. The van der Waals surface area contributed by atoms with Gasteiger partial charge in [-0.2, -0.15) is 0 Å². The van der Waals surface area contributed by atoms with Gasteiger partial charge >= 0.3 is 0 Å². The number of piperazine rings is 1. The highest BCUT2D eigenvalue weighted by Gasteiger charge is 2.29. The van der Waals surface area contributed by atoms with Crippen molar-refractivity contribution in [3.05, 3.63) is 60.2 Å². The van der Waals surface area contributed by atoms with E-state index in [9.17, 15) is 4.79 Å². The molecule has 0 aliphatic carbocycles. The fraction of sp³-hybridized carbons (Fsp3) is 0.409. The van der Waals surface area contributed by atoms with Crippen molar-refractivity contribution in [3.63, 3.8) is 0 Å². The van der Waals surface area contributed by atoms with Crippen LogP contribution in [0.2, 0.25) is 0 Å². The Morgan fingerprint density at radius 2 is 1.74 bits per heavy atom. The predicted molar refractivity (Wildman–Crippen MR) is 106 cm³/mol. The standard InChI is InChI=1S/C22H28N2O3/c1-23-14-15-24(21(17-23)18-7-4-3-5-8-18)22(25)9-6-16-27-20-12-10-19(26-2)11-13-20/h3-5,7-8,10-13,21H,6,9,14-17H2,1-2H3. The molecule has 0 aromatic heterocycles. The van der Waals surface area contributed by atoms with Crippen LogP contribution < -0.4 is 9.47 Å². The molecule has 0 saturated carbocycles. The van der Waals surface area contributed by atoms with E-state index in [2.05, 4.69) is 24.1 Å². The zero-order chi connectivity index (χ0) is 19.1. The number of benzene rings is 2. The molecule has 2 aromatic carbocycles. The molecule has 0 radical (unpaired) electrons. The molecular weight excluding hydrogens is 340 g/mol. The fourth-order valence-corrected chi connectivity index (χ4v) is 3.41. The third kappa shape index (κ3) is 5.23. The molecule has 3 rings (SSSR count). The Balaban J connectivity index is 1.51. The first-order chi connectivity index (χ1) is 13.2. The minimum Gasteiger partial charge on any atom is -0.497 e. The van der Waals surface area contributed by atoms with Gasteiger partial charge in [0.15, 0.2) is 0 Å². The maximum absolute atomic E-state index is 12.8. The van der Waals surface area contributed by atoms with Crippen molar-refractivity contribution in [2.45, 2.75) is 18.9 Å². The second-order valence-electron chi connectivity index (χ2n) is 6.90. The first-order valence-corrected chi connectivity index (χ1v) is 9.47. The average Bonchev–Trinajstić information content (AvgIpc) is 2.72. The van der Waals surface area contributed by atoms with Crippen molar-refractivity contribution in [2.75, 3.05) is 40.4 Å². The Labute approximate surface area is 161 Å². The van der Waals surface area contributed by atoms with E-state index in [0.717, 1.165) is 31.1 Å². The summed E-state index contributed by atoms with van der Waals surface area (Å²) in [5.41, 5.74) is 1.20. The van der Waals surface area contributed by atoms with Crippen molar-refractivity contribution in [1.29, 1.82) is 0 Å². The number of hydrogen-bond donors (Lipinski definition) is 0. The second-order valence-corrected chi connectivity index (χ2v) is 6.90. The maximum atomic E-state index is 12.8. The number of ether oxygens (including phenoxy) is 2. The third-order valence-corrected chi connectivity index (χ3v) is 4.95. The molecule has 0 spiro atoms. The van der Waals surface area contributed by atoms with Crippen LogP contribution in [0.4, 0.5) is 0 Å². The van der Waals surface area contributed by atoms with E-state index in [1.807, 2.05) is 47.4 Å². The van der Waals surface area contributed by atoms with Crippen LogP contribution in [-0.4, -0.2) is 56.1 Å². The maximum Gasteiger partial charge on any atom is 0.223 e. The zero-order valence-corrected chi connectivity index (χ0v) is 16.1. The summed E-state index contributed by atoms with van der Waals surface area (Å²) < 4.78 is 10.9. The molecule has 1 aliphatic rings. The first kappa shape index (κ1) is 19.2. The summed E-state index contributed by atoms with van der Waals surface area (Å²) in [6.45, 7) is 3.09. The molecule has 2 aromatic rings. The van der Waals surface area contributed by atoms with Gasteiger partial charge in [0, 0.05) is 26.1 Å². The van der Waals surface area contributed by atoms with Gasteiger partial charge in [-0.15, -0.1) is 0 Å². The largest absolute Gasteiger partial charge is 0.497 e. The van der Waals surface area contributed by atoms with Crippen molar-refractivity contribution in [3.8, 4) is 11.5 Å². The van der Waals surface area contributed by atoms with E-state index in [1.165, 1.54) is 5.56 Å². The van der Waals surface area contributed by atoms with E-state index >= 15 is 0 Å². The Morgan fingerprint density at radius 3 is 2.44 bits per heavy atom. The summed E-state index contributed by atoms with van der Waals surface area (Å²) in [6.07, 6.45) is 1.21. The number of methoxy groups -OCH3 is 1. The number of hydrogen-bond acceptors (Lipinski definition) is 4. The van der Waals surface area contributed by atoms with Crippen molar-refractivity contribution in [2.24, 2.45) is 0 Å². The van der Waals surface area contributed by atoms with Gasteiger partial charge < -0.3 is 19.3 Å². The highest BCUT2D eigenvalue weighted by Crippen LogP contribution is 2.25. The molecule has 1 atom stereocenters. The number of carbonyl (C=O) groups is 1. The van der Waals surface area contributed by atoms with Crippen molar-refractivity contribution >= 4 is 5.91 Å². The molecule has 1 fully saturated rings. The number of likely N-dealkylation sites (N-methyl/N-ethyl adjacent to an activating group) is 1. The summed E-state index contributed by atoms with van der Waals surface area (Å²) in [5, 5.41) is 0. The summed E-state index contributed by atoms with van der Waals surface area (Å²) in [7, 11) is 3.75. The zero-order valence-electron chi connectivity index (χ0n) is 16.1. The topological polar surface area (TPSA) is 42.0 Å². The smallest absolute Gasteiger partial charge is 0.223 e. The number of amides is 1. The molecular formula is C22H28N2O3. The molecule has 1 amide bonds. The summed E-state index contributed by atoms with van der Waals surface area (Å²) in [6, 6.07) is 17.9. The molecule has 5 heteroatoms. The monoisotopic (exact) mass is 368 g/mol. The quantitative estimate of drug-likeness (QED) is 0.703. The van der Waals surface area contributed by atoms with Gasteiger partial charge in [0.1, 0.15) is 11.5 Å². The van der Waals surface area contributed by atoms with Crippen LogP contribution >= 0.6 is 0 Å². The highest BCUT2D eigenvalue weighted by molar-refractivity contribution is 5.77. The van der Waals surface area contributed by atoms with Gasteiger partial charge in [-0.1, -0.05) is 30.3 Å². The highest BCUT2D eigenvalue weighted by atomic mass is 16.5. The molecule has 5 nitrogen and oxygen atoms in total. The normalized spacial score (nSPS) is 17.6. The minimum atomic E-state index is 0.125. The summed E-state index contributed by atoms with van der Waals surface area (Å²) >= 11 is 0. The van der Waals surface area contributed by atoms with E-state index in [-0.39, 0.29) is 11.9 Å². The molecule has 1 unspecified atom stereocenters. The molecule has 1 saturated heterocycles. The van der Waals surface area contributed by atoms with Crippen LogP contribution in [-0.2, 0) is 4.79 Å². The third-order valence-electron chi connectivity index (χ3n) is 4.95. The molecule has 144 valence electrons. The average molecular weight is 368 g/mol. The van der Waals surface area contributed by atoms with Crippen molar-refractivity contribution < 1.29 is 14.3 Å². The van der Waals surface area contributed by atoms with Gasteiger partial charge in [0.05, 0.1) is 19.8 Å². The Hall–Kier alpha value is -2.53. The van der Waals surface area contributed by atoms with Gasteiger partial charge in [-0.05, 0) is 43.3 Å². The number of rotatable bonds is 7. The number of nitrogens with zero attached hydrogens (tertiary/aromatic N) is 2. The van der Waals surface area contributed by atoms with Crippen molar-refractivity contribution in [1.82, 2.24) is 9.80 Å². The Bertz CT molecular complexity index is 718. The lowest BCUT2D eigenvalue weighted by molar-refractivity contribution is -0.136. The van der Waals surface area contributed by atoms with Crippen LogP contribution in [0.5, 0.6) is 11.5 Å². The van der Waals surface area contributed by atoms with Gasteiger partial charge in [0.25, 0.3) is 0 Å².